The van der Waals surface area contributed by atoms with Gasteiger partial charge >= 0.3 is 0 Å². The van der Waals surface area contributed by atoms with E-state index in [1.54, 1.807) is 11.3 Å². The lowest BCUT2D eigenvalue weighted by Gasteiger charge is -2.22. The number of halogens is 1. The number of morpholine rings is 1. The van der Waals surface area contributed by atoms with E-state index in [2.05, 4.69) is 22.5 Å². The second-order valence-corrected chi connectivity index (χ2v) is 7.35. The number of ether oxygens (including phenoxy) is 1. The molecular weight excluding hydrogens is 334 g/mol. The molecule has 5 nitrogen and oxygen atoms in total. The molecule has 23 heavy (non-hydrogen) atoms. The predicted octanol–water partition coefficient (Wildman–Crippen LogP) is 2.79. The van der Waals surface area contributed by atoms with E-state index in [1.807, 2.05) is 0 Å². The van der Waals surface area contributed by atoms with Crippen molar-refractivity contribution in [2.45, 2.75) is 51.5 Å². The molecule has 7 heteroatoms. The number of fused-ring (bicyclic) bond motifs is 1. The van der Waals surface area contributed by atoms with E-state index in [-0.39, 0.29) is 24.4 Å². The van der Waals surface area contributed by atoms with Crippen LogP contribution in [0.5, 0.6) is 0 Å². The van der Waals surface area contributed by atoms with Gasteiger partial charge in [0.25, 0.3) is 0 Å². The summed E-state index contributed by atoms with van der Waals surface area (Å²) in [5, 5.41) is 7.04. The third-order valence-electron chi connectivity index (χ3n) is 4.42. The van der Waals surface area contributed by atoms with Gasteiger partial charge in [-0.3, -0.25) is 4.79 Å². The lowest BCUT2D eigenvalue weighted by molar-refractivity contribution is -0.117. The Labute approximate surface area is 148 Å². The van der Waals surface area contributed by atoms with E-state index in [0.717, 1.165) is 37.0 Å². The predicted molar refractivity (Wildman–Crippen MR) is 95.6 cm³/mol. The fourth-order valence-corrected chi connectivity index (χ4v) is 4.43. The van der Waals surface area contributed by atoms with Crippen LogP contribution in [0.25, 0.3) is 0 Å². The summed E-state index contributed by atoms with van der Waals surface area (Å²) in [6, 6.07) is 0.122. The number of carbonyl (C=O) groups excluding carboxylic acids is 1. The molecule has 2 aliphatic rings. The van der Waals surface area contributed by atoms with Gasteiger partial charge in [-0.1, -0.05) is 19.8 Å². The topological polar surface area (TPSA) is 63.2 Å². The smallest absolute Gasteiger partial charge is 0.227 e. The third kappa shape index (κ3) is 5.14. The van der Waals surface area contributed by atoms with Gasteiger partial charge < -0.3 is 15.4 Å². The summed E-state index contributed by atoms with van der Waals surface area (Å²) in [6.07, 6.45) is 6.42. The number of aryl methyl sites for hydroxylation is 1. The molecule has 2 atom stereocenters. The average Bonchev–Trinajstić information content (AvgIpc) is 2.89. The highest BCUT2D eigenvalue weighted by molar-refractivity contribution is 7.15. The van der Waals surface area contributed by atoms with Crippen molar-refractivity contribution in [3.63, 3.8) is 0 Å². The fraction of sp³-hybridized carbons (Fsp3) is 0.750. The SMILES string of the molecule is CCCC1CCc2nc(NC(=O)CC3COCCN3)sc2C1.Cl. The van der Waals surface area contributed by atoms with Crippen LogP contribution in [0.4, 0.5) is 5.13 Å². The largest absolute Gasteiger partial charge is 0.378 e. The van der Waals surface area contributed by atoms with Gasteiger partial charge in [0.05, 0.1) is 18.9 Å². The van der Waals surface area contributed by atoms with Crippen molar-refractivity contribution < 1.29 is 9.53 Å². The molecule has 2 unspecified atom stereocenters. The Morgan fingerprint density at radius 2 is 2.39 bits per heavy atom. The first-order chi connectivity index (χ1) is 10.7. The van der Waals surface area contributed by atoms with E-state index < -0.39 is 0 Å². The molecule has 2 heterocycles. The zero-order valence-electron chi connectivity index (χ0n) is 13.6. The fourth-order valence-electron chi connectivity index (χ4n) is 3.30. The second kappa shape index (κ2) is 8.97. The minimum absolute atomic E-state index is 0. The number of hydrogen-bond acceptors (Lipinski definition) is 5. The summed E-state index contributed by atoms with van der Waals surface area (Å²) < 4.78 is 5.38. The maximum atomic E-state index is 12.1. The molecule has 3 rings (SSSR count). The Morgan fingerprint density at radius 1 is 1.52 bits per heavy atom. The van der Waals surface area contributed by atoms with Crippen LogP contribution in [-0.2, 0) is 22.4 Å². The molecule has 1 aliphatic carbocycles. The zero-order chi connectivity index (χ0) is 15.4. The molecule has 0 saturated carbocycles. The lowest BCUT2D eigenvalue weighted by atomic mass is 9.88. The van der Waals surface area contributed by atoms with Crippen molar-refractivity contribution in [2.24, 2.45) is 5.92 Å². The van der Waals surface area contributed by atoms with Crippen LogP contribution in [0.3, 0.4) is 0 Å². The van der Waals surface area contributed by atoms with Gasteiger partial charge in [0.2, 0.25) is 5.91 Å². The molecule has 1 aromatic rings. The Bertz CT molecular complexity index is 517. The molecule has 1 saturated heterocycles. The molecular formula is C16H26ClN3O2S. The number of aromatic nitrogens is 1. The van der Waals surface area contributed by atoms with Gasteiger partial charge in [-0.05, 0) is 25.2 Å². The van der Waals surface area contributed by atoms with Crippen LogP contribution in [0, 0.1) is 5.92 Å². The van der Waals surface area contributed by atoms with Gasteiger partial charge in [-0.15, -0.1) is 23.7 Å². The lowest BCUT2D eigenvalue weighted by Crippen LogP contribution is -2.43. The summed E-state index contributed by atoms with van der Waals surface area (Å²) in [4.78, 5) is 18.1. The maximum Gasteiger partial charge on any atom is 0.227 e. The first-order valence-electron chi connectivity index (χ1n) is 8.34. The average molecular weight is 360 g/mol. The van der Waals surface area contributed by atoms with Crippen molar-refractivity contribution in [2.75, 3.05) is 25.1 Å². The van der Waals surface area contributed by atoms with Gasteiger partial charge in [0.15, 0.2) is 5.13 Å². The van der Waals surface area contributed by atoms with Crippen molar-refractivity contribution in [3.8, 4) is 0 Å². The molecule has 1 aromatic heterocycles. The number of anilines is 1. The van der Waals surface area contributed by atoms with Crippen molar-refractivity contribution in [1.82, 2.24) is 10.3 Å². The quantitative estimate of drug-likeness (QED) is 0.848. The van der Waals surface area contributed by atoms with Gasteiger partial charge in [-0.25, -0.2) is 4.98 Å². The maximum absolute atomic E-state index is 12.1. The van der Waals surface area contributed by atoms with Crippen LogP contribution < -0.4 is 10.6 Å². The van der Waals surface area contributed by atoms with Crippen LogP contribution in [0.15, 0.2) is 0 Å². The first-order valence-corrected chi connectivity index (χ1v) is 9.15. The summed E-state index contributed by atoms with van der Waals surface area (Å²) in [6.45, 7) is 4.41. The minimum atomic E-state index is 0. The zero-order valence-corrected chi connectivity index (χ0v) is 15.2. The third-order valence-corrected chi connectivity index (χ3v) is 5.45. The molecule has 1 fully saturated rings. The number of thiazole rings is 1. The number of nitrogens with one attached hydrogen (secondary N) is 2. The molecule has 0 radical (unpaired) electrons. The van der Waals surface area contributed by atoms with Gasteiger partial charge in [0.1, 0.15) is 0 Å². The van der Waals surface area contributed by atoms with Crippen molar-refractivity contribution in [3.05, 3.63) is 10.6 Å². The molecule has 0 spiro atoms. The van der Waals surface area contributed by atoms with E-state index in [0.29, 0.717) is 13.0 Å². The van der Waals surface area contributed by atoms with E-state index in [9.17, 15) is 4.79 Å². The Balaban J connectivity index is 0.00000192. The van der Waals surface area contributed by atoms with Gasteiger partial charge in [0, 0.05) is 23.9 Å². The highest BCUT2D eigenvalue weighted by Crippen LogP contribution is 2.34. The molecule has 1 amide bonds. The molecule has 1 aliphatic heterocycles. The van der Waals surface area contributed by atoms with E-state index >= 15 is 0 Å². The van der Waals surface area contributed by atoms with Crippen molar-refractivity contribution >= 4 is 34.8 Å². The van der Waals surface area contributed by atoms with Crippen LogP contribution >= 0.6 is 23.7 Å². The van der Waals surface area contributed by atoms with E-state index in [1.165, 1.54) is 29.8 Å². The second-order valence-electron chi connectivity index (χ2n) is 6.26. The van der Waals surface area contributed by atoms with Crippen LogP contribution in [0.1, 0.15) is 43.2 Å². The normalized spacial score (nSPS) is 23.7. The summed E-state index contributed by atoms with van der Waals surface area (Å²) >= 11 is 1.66. The Kier molecular flexibility index (Phi) is 7.27. The standard InChI is InChI=1S/C16H25N3O2S.ClH/c1-2-3-11-4-5-13-14(8-11)22-16(18-13)19-15(20)9-12-10-21-7-6-17-12;/h11-12,17H,2-10H2,1H3,(H,18,19,20);1H. The highest BCUT2D eigenvalue weighted by Gasteiger charge is 2.23. The summed E-state index contributed by atoms with van der Waals surface area (Å²) in [5.41, 5.74) is 1.20. The first kappa shape index (κ1) is 18.6. The number of hydrogen-bond donors (Lipinski definition) is 2. The molecule has 0 bridgehead atoms. The van der Waals surface area contributed by atoms with Crippen molar-refractivity contribution in [1.29, 1.82) is 0 Å². The summed E-state index contributed by atoms with van der Waals surface area (Å²) in [5.74, 6) is 0.823. The van der Waals surface area contributed by atoms with Gasteiger partial charge in [-0.2, -0.15) is 0 Å². The number of nitrogens with zero attached hydrogens (tertiary/aromatic N) is 1. The number of carbonyl (C=O) groups is 1. The Hall–Kier alpha value is -0.690. The minimum Gasteiger partial charge on any atom is -0.378 e. The number of amides is 1. The molecule has 130 valence electrons. The molecule has 2 N–H and O–H groups in total. The van der Waals surface area contributed by atoms with Crippen LogP contribution in [0.2, 0.25) is 0 Å². The van der Waals surface area contributed by atoms with Crippen LogP contribution in [-0.4, -0.2) is 36.7 Å². The number of rotatable bonds is 5. The Morgan fingerprint density at radius 3 is 3.13 bits per heavy atom. The summed E-state index contributed by atoms with van der Waals surface area (Å²) in [7, 11) is 0. The monoisotopic (exact) mass is 359 g/mol. The molecule has 0 aromatic carbocycles. The highest BCUT2D eigenvalue weighted by atomic mass is 35.5. The van der Waals surface area contributed by atoms with E-state index in [4.69, 9.17) is 4.74 Å².